The Hall–Kier alpha value is -2.78. The summed E-state index contributed by atoms with van der Waals surface area (Å²) < 4.78 is 54.2. The van der Waals surface area contributed by atoms with E-state index in [1.54, 1.807) is 4.57 Å². The molecule has 1 aliphatic heterocycles. The summed E-state index contributed by atoms with van der Waals surface area (Å²) >= 11 is 0. The Morgan fingerprint density at radius 3 is 2.04 bits per heavy atom. The molecule has 0 radical (unpaired) electrons. The van der Waals surface area contributed by atoms with Gasteiger partial charge in [-0.05, 0) is 43.3 Å². The molecule has 1 aromatic heterocycles. The van der Waals surface area contributed by atoms with Gasteiger partial charge in [0.15, 0.2) is 0 Å². The Morgan fingerprint density at radius 2 is 1.57 bits per heavy atom. The number of hydrogen-bond acceptors (Lipinski definition) is 4. The van der Waals surface area contributed by atoms with Crippen LogP contribution in [0.2, 0.25) is 0 Å². The van der Waals surface area contributed by atoms with Gasteiger partial charge in [-0.2, -0.15) is 0 Å². The van der Waals surface area contributed by atoms with Crippen LogP contribution in [0.1, 0.15) is 6.92 Å². The van der Waals surface area contributed by atoms with Crippen LogP contribution in [0, 0.1) is 17.0 Å². The second-order valence-corrected chi connectivity index (χ2v) is 8.52. The summed E-state index contributed by atoms with van der Waals surface area (Å²) in [5.74, 6) is -1.10. The number of amidine groups is 1. The SMILES string of the molecule is CC1=CS(=O)(=O)N(CC(O)Cn2c3ccc(F)cc3c3cc(F)ccc32)C1=N. The number of aliphatic hydroxyl groups is 1. The average Bonchev–Trinajstić information content (AvgIpc) is 3.00. The van der Waals surface area contributed by atoms with Crippen LogP contribution in [0.25, 0.3) is 21.8 Å². The van der Waals surface area contributed by atoms with E-state index in [1.807, 2.05) is 0 Å². The summed E-state index contributed by atoms with van der Waals surface area (Å²) in [7, 11) is -3.78. The van der Waals surface area contributed by atoms with Gasteiger partial charge in [0.05, 0.1) is 24.6 Å². The third kappa shape index (κ3) is 2.96. The molecular formula is C19H17F2N3O3S. The van der Waals surface area contributed by atoms with Crippen LogP contribution < -0.4 is 0 Å². The summed E-state index contributed by atoms with van der Waals surface area (Å²) in [6.07, 6.45) is -1.14. The minimum absolute atomic E-state index is 0.00435. The van der Waals surface area contributed by atoms with Crippen molar-refractivity contribution in [2.75, 3.05) is 6.54 Å². The number of hydrogen-bond donors (Lipinski definition) is 2. The fraction of sp³-hybridized carbons (Fsp3) is 0.211. The van der Waals surface area contributed by atoms with Gasteiger partial charge in [-0.15, -0.1) is 0 Å². The van der Waals surface area contributed by atoms with Crippen molar-refractivity contribution in [1.82, 2.24) is 8.87 Å². The highest BCUT2D eigenvalue weighted by Crippen LogP contribution is 2.31. The number of halogens is 2. The molecule has 2 aromatic carbocycles. The summed E-state index contributed by atoms with van der Waals surface area (Å²) in [5.41, 5.74) is 1.49. The number of nitrogens with zero attached hydrogens (tertiary/aromatic N) is 2. The van der Waals surface area contributed by atoms with Gasteiger partial charge >= 0.3 is 0 Å². The first-order valence-electron chi connectivity index (χ1n) is 8.52. The topological polar surface area (TPSA) is 86.4 Å². The molecule has 0 fully saturated rings. The number of fused-ring (bicyclic) bond motifs is 3. The minimum atomic E-state index is -3.78. The molecule has 6 nitrogen and oxygen atoms in total. The maximum Gasteiger partial charge on any atom is 0.259 e. The molecule has 9 heteroatoms. The van der Waals surface area contributed by atoms with Crippen molar-refractivity contribution in [3.63, 3.8) is 0 Å². The lowest BCUT2D eigenvalue weighted by Gasteiger charge is -2.22. The highest BCUT2D eigenvalue weighted by atomic mass is 32.2. The van der Waals surface area contributed by atoms with Gasteiger partial charge in [-0.1, -0.05) is 0 Å². The lowest BCUT2D eigenvalue weighted by molar-refractivity contribution is 0.145. The third-order valence-electron chi connectivity index (χ3n) is 4.81. The molecule has 0 spiro atoms. The molecule has 0 aliphatic carbocycles. The molecule has 1 aliphatic rings. The number of aliphatic hydroxyl groups excluding tert-OH is 1. The van der Waals surface area contributed by atoms with Gasteiger partial charge < -0.3 is 9.67 Å². The number of benzene rings is 2. The number of nitrogens with one attached hydrogen (secondary N) is 1. The maximum atomic E-state index is 13.7. The summed E-state index contributed by atoms with van der Waals surface area (Å²) in [6, 6.07) is 8.22. The van der Waals surface area contributed by atoms with E-state index in [4.69, 9.17) is 5.41 Å². The van der Waals surface area contributed by atoms with Gasteiger partial charge in [0.25, 0.3) is 10.0 Å². The fourth-order valence-electron chi connectivity index (χ4n) is 3.57. The quantitative estimate of drug-likeness (QED) is 0.700. The van der Waals surface area contributed by atoms with Crippen LogP contribution in [-0.2, 0) is 16.6 Å². The average molecular weight is 405 g/mol. The zero-order valence-electron chi connectivity index (χ0n) is 14.9. The molecule has 0 saturated heterocycles. The lowest BCUT2D eigenvalue weighted by atomic mass is 10.1. The minimum Gasteiger partial charge on any atom is -0.389 e. The second kappa shape index (κ2) is 6.39. The monoisotopic (exact) mass is 405 g/mol. The van der Waals surface area contributed by atoms with Crippen molar-refractivity contribution in [2.24, 2.45) is 0 Å². The summed E-state index contributed by atoms with van der Waals surface area (Å²) in [5, 5.41) is 20.4. The smallest absolute Gasteiger partial charge is 0.259 e. The molecule has 1 unspecified atom stereocenters. The maximum absolute atomic E-state index is 13.7. The van der Waals surface area contributed by atoms with Crippen LogP contribution in [0.5, 0.6) is 0 Å². The molecule has 3 aromatic rings. The van der Waals surface area contributed by atoms with Crippen molar-refractivity contribution in [1.29, 1.82) is 5.41 Å². The molecule has 28 heavy (non-hydrogen) atoms. The first-order valence-corrected chi connectivity index (χ1v) is 10.0. The van der Waals surface area contributed by atoms with E-state index in [0.29, 0.717) is 27.4 Å². The molecule has 0 amide bonds. The van der Waals surface area contributed by atoms with Gasteiger partial charge in [-0.3, -0.25) is 5.41 Å². The summed E-state index contributed by atoms with van der Waals surface area (Å²) in [4.78, 5) is 0. The van der Waals surface area contributed by atoms with Crippen LogP contribution >= 0.6 is 0 Å². The molecule has 4 rings (SSSR count). The Kier molecular flexibility index (Phi) is 4.24. The first kappa shape index (κ1) is 18.6. The van der Waals surface area contributed by atoms with E-state index in [0.717, 1.165) is 9.71 Å². The van der Waals surface area contributed by atoms with E-state index < -0.39 is 27.8 Å². The lowest BCUT2D eigenvalue weighted by Crippen LogP contribution is -2.38. The van der Waals surface area contributed by atoms with Gasteiger partial charge in [-0.25, -0.2) is 21.5 Å². The Bertz CT molecular complexity index is 1210. The molecule has 1 atom stereocenters. The highest BCUT2D eigenvalue weighted by molar-refractivity contribution is 7.93. The van der Waals surface area contributed by atoms with E-state index in [-0.39, 0.29) is 18.9 Å². The van der Waals surface area contributed by atoms with Crippen LogP contribution in [0.15, 0.2) is 47.4 Å². The predicted octanol–water partition coefficient (Wildman–Crippen LogP) is 2.96. The largest absolute Gasteiger partial charge is 0.389 e. The normalized spacial score (nSPS) is 17.5. The number of β-amino-alcohol motifs (C(OH)–C–C–N with tert-alkyl or cyclic N) is 1. The van der Waals surface area contributed by atoms with E-state index in [9.17, 15) is 22.3 Å². The molecule has 0 saturated carbocycles. The van der Waals surface area contributed by atoms with Gasteiger partial charge in [0.2, 0.25) is 0 Å². The first-order chi connectivity index (χ1) is 13.2. The predicted molar refractivity (Wildman–Crippen MR) is 102 cm³/mol. The van der Waals surface area contributed by atoms with Crippen molar-refractivity contribution in [2.45, 2.75) is 19.6 Å². The second-order valence-electron chi connectivity index (χ2n) is 6.81. The highest BCUT2D eigenvalue weighted by Gasteiger charge is 2.32. The van der Waals surface area contributed by atoms with Crippen molar-refractivity contribution < 1.29 is 22.3 Å². The van der Waals surface area contributed by atoms with Crippen LogP contribution in [0.4, 0.5) is 8.78 Å². The standard InChI is InChI=1S/C19H17F2N3O3S/c1-11-10-28(26,27)24(19(11)22)9-14(25)8-23-17-4-2-12(20)6-15(17)16-7-13(21)3-5-18(16)23/h2-7,10,14,22,25H,8-9H2,1H3. The number of sulfonamides is 1. The molecule has 0 bridgehead atoms. The molecule has 2 heterocycles. The molecular weight excluding hydrogens is 388 g/mol. The number of rotatable bonds is 4. The van der Waals surface area contributed by atoms with Crippen LogP contribution in [0.3, 0.4) is 0 Å². The van der Waals surface area contributed by atoms with Gasteiger partial charge in [0.1, 0.15) is 17.5 Å². The molecule has 2 N–H and O–H groups in total. The van der Waals surface area contributed by atoms with Crippen molar-refractivity contribution >= 4 is 37.7 Å². The number of aromatic nitrogens is 1. The molecule has 146 valence electrons. The fourth-order valence-corrected chi connectivity index (χ4v) is 5.03. The zero-order chi connectivity index (χ0) is 20.2. The summed E-state index contributed by atoms with van der Waals surface area (Å²) in [6.45, 7) is 1.22. The van der Waals surface area contributed by atoms with Crippen LogP contribution in [-0.4, -0.2) is 40.9 Å². The van der Waals surface area contributed by atoms with E-state index in [1.165, 1.54) is 43.3 Å². The Balaban J connectivity index is 1.72. The third-order valence-corrected chi connectivity index (χ3v) is 6.41. The zero-order valence-corrected chi connectivity index (χ0v) is 15.7. The van der Waals surface area contributed by atoms with E-state index in [2.05, 4.69) is 0 Å². The van der Waals surface area contributed by atoms with E-state index >= 15 is 0 Å². The van der Waals surface area contributed by atoms with Crippen molar-refractivity contribution in [3.05, 3.63) is 59.0 Å². The van der Waals surface area contributed by atoms with Crippen molar-refractivity contribution in [3.8, 4) is 0 Å². The Morgan fingerprint density at radius 1 is 1.04 bits per heavy atom. The van der Waals surface area contributed by atoms with Gasteiger partial charge in [0, 0.05) is 27.4 Å². The Labute approximate surface area is 159 Å².